The fourth-order valence-electron chi connectivity index (χ4n) is 4.29. The maximum Gasteiger partial charge on any atom is 0.191 e. The monoisotopic (exact) mass is 521 g/mol. The molecule has 28 heavy (non-hydrogen) atoms. The van der Waals surface area contributed by atoms with Gasteiger partial charge in [0.2, 0.25) is 0 Å². The number of guanidine groups is 1. The van der Waals surface area contributed by atoms with Crippen LogP contribution in [0.5, 0.6) is 0 Å². The predicted molar refractivity (Wildman–Crippen MR) is 128 cm³/mol. The van der Waals surface area contributed by atoms with Crippen molar-refractivity contribution in [1.29, 1.82) is 0 Å². The number of nitrogens with one attached hydrogen (secondary N) is 2. The van der Waals surface area contributed by atoms with Crippen LogP contribution in [0, 0.1) is 6.92 Å². The van der Waals surface area contributed by atoms with E-state index < -0.39 is 0 Å². The second-order valence-electron chi connectivity index (χ2n) is 7.72. The summed E-state index contributed by atoms with van der Waals surface area (Å²) in [7, 11) is 1.86. The molecule has 1 saturated carbocycles. The van der Waals surface area contributed by atoms with Crippen LogP contribution in [-0.2, 0) is 11.2 Å². The van der Waals surface area contributed by atoms with Crippen molar-refractivity contribution in [1.82, 2.24) is 20.5 Å². The summed E-state index contributed by atoms with van der Waals surface area (Å²) in [5.41, 5.74) is 1.39. The first-order valence-corrected chi connectivity index (χ1v) is 11.3. The van der Waals surface area contributed by atoms with Gasteiger partial charge in [-0.3, -0.25) is 9.89 Å². The number of aromatic nitrogens is 1. The highest BCUT2D eigenvalue weighted by Crippen LogP contribution is 2.33. The van der Waals surface area contributed by atoms with E-state index in [0.717, 1.165) is 63.9 Å². The Morgan fingerprint density at radius 3 is 2.64 bits per heavy atom. The van der Waals surface area contributed by atoms with Gasteiger partial charge in [-0.2, -0.15) is 0 Å². The van der Waals surface area contributed by atoms with Crippen LogP contribution < -0.4 is 10.6 Å². The SMILES string of the molecule is CN=C(NCCCc1nc(C)cs1)NCC1(N2CCOCC2)CCCCC1.I. The molecule has 1 saturated heterocycles. The lowest BCUT2D eigenvalue weighted by molar-refractivity contribution is -0.0352. The first-order chi connectivity index (χ1) is 13.2. The van der Waals surface area contributed by atoms with Crippen molar-refractivity contribution < 1.29 is 4.74 Å². The molecule has 6 nitrogen and oxygen atoms in total. The molecule has 1 aliphatic heterocycles. The first-order valence-electron chi connectivity index (χ1n) is 10.4. The summed E-state index contributed by atoms with van der Waals surface area (Å²) in [6.07, 6.45) is 8.69. The third-order valence-electron chi connectivity index (χ3n) is 5.80. The molecule has 0 bridgehead atoms. The lowest BCUT2D eigenvalue weighted by Crippen LogP contribution is -2.60. The van der Waals surface area contributed by atoms with E-state index in [2.05, 4.69) is 37.8 Å². The van der Waals surface area contributed by atoms with Crippen LogP contribution in [0.2, 0.25) is 0 Å². The Labute approximate surface area is 190 Å². The van der Waals surface area contributed by atoms with Gasteiger partial charge in [0.05, 0.1) is 18.2 Å². The van der Waals surface area contributed by atoms with Gasteiger partial charge in [-0.05, 0) is 26.2 Å². The van der Waals surface area contributed by atoms with Crippen molar-refractivity contribution in [3.8, 4) is 0 Å². The molecular formula is C20H36IN5OS. The van der Waals surface area contributed by atoms with Crippen molar-refractivity contribution in [3.05, 3.63) is 16.1 Å². The molecule has 0 amide bonds. The van der Waals surface area contributed by atoms with Gasteiger partial charge in [0.1, 0.15) is 0 Å². The molecule has 2 N–H and O–H groups in total. The number of aryl methyl sites for hydroxylation is 2. The Morgan fingerprint density at radius 2 is 2.00 bits per heavy atom. The fraction of sp³-hybridized carbons (Fsp3) is 0.800. The highest BCUT2D eigenvalue weighted by atomic mass is 127. The van der Waals surface area contributed by atoms with Gasteiger partial charge >= 0.3 is 0 Å². The number of morpholine rings is 1. The number of ether oxygens (including phenoxy) is 1. The van der Waals surface area contributed by atoms with E-state index >= 15 is 0 Å². The molecule has 0 radical (unpaired) electrons. The second-order valence-corrected chi connectivity index (χ2v) is 8.67. The third kappa shape index (κ3) is 6.81. The molecule has 1 aromatic heterocycles. The van der Waals surface area contributed by atoms with E-state index in [0.29, 0.717) is 0 Å². The minimum absolute atomic E-state index is 0. The Hall–Kier alpha value is -0.450. The number of aliphatic imine (C=N–C) groups is 1. The molecule has 1 aliphatic carbocycles. The van der Waals surface area contributed by atoms with Crippen LogP contribution in [-0.4, -0.2) is 67.8 Å². The van der Waals surface area contributed by atoms with Gasteiger partial charge in [-0.15, -0.1) is 35.3 Å². The van der Waals surface area contributed by atoms with Gasteiger partial charge in [-0.25, -0.2) is 4.98 Å². The van der Waals surface area contributed by atoms with Crippen LogP contribution >= 0.6 is 35.3 Å². The van der Waals surface area contributed by atoms with Gasteiger partial charge < -0.3 is 15.4 Å². The average molecular weight is 522 g/mol. The summed E-state index contributed by atoms with van der Waals surface area (Å²) in [5, 5.41) is 10.5. The van der Waals surface area contributed by atoms with E-state index in [9.17, 15) is 0 Å². The van der Waals surface area contributed by atoms with Crippen LogP contribution in [0.1, 0.15) is 49.2 Å². The Bertz CT molecular complexity index is 597. The van der Waals surface area contributed by atoms with Crippen molar-refractivity contribution >= 4 is 41.3 Å². The zero-order chi connectivity index (χ0) is 19.0. The number of halogens is 1. The standard InChI is InChI=1S/C20H35N5OS.HI/c1-17-15-27-18(24-17)7-6-10-22-19(21-2)23-16-20(8-4-3-5-9-20)25-11-13-26-14-12-25;/h15H,3-14,16H2,1-2H3,(H2,21,22,23);1H. The number of nitrogens with zero attached hydrogens (tertiary/aromatic N) is 3. The van der Waals surface area contributed by atoms with E-state index in [-0.39, 0.29) is 29.5 Å². The molecule has 3 rings (SSSR count). The Morgan fingerprint density at radius 1 is 1.25 bits per heavy atom. The van der Waals surface area contributed by atoms with Crippen LogP contribution in [0.15, 0.2) is 10.4 Å². The molecular weight excluding hydrogens is 485 g/mol. The molecule has 2 fully saturated rings. The van der Waals surface area contributed by atoms with E-state index in [1.165, 1.54) is 37.1 Å². The average Bonchev–Trinajstić information content (AvgIpc) is 3.14. The minimum Gasteiger partial charge on any atom is -0.379 e. The summed E-state index contributed by atoms with van der Waals surface area (Å²) < 4.78 is 5.58. The second kappa shape index (κ2) is 12.3. The molecule has 1 aromatic rings. The van der Waals surface area contributed by atoms with Crippen molar-refractivity contribution in [2.45, 2.75) is 57.4 Å². The summed E-state index contributed by atoms with van der Waals surface area (Å²) in [5.74, 6) is 0.920. The summed E-state index contributed by atoms with van der Waals surface area (Å²) in [6, 6.07) is 0. The number of hydrogen-bond donors (Lipinski definition) is 2. The van der Waals surface area contributed by atoms with Crippen molar-refractivity contribution in [2.75, 3.05) is 46.4 Å². The maximum absolute atomic E-state index is 5.58. The Balaban J connectivity index is 0.00000280. The van der Waals surface area contributed by atoms with Crippen molar-refractivity contribution in [2.24, 2.45) is 4.99 Å². The third-order valence-corrected chi connectivity index (χ3v) is 6.83. The van der Waals surface area contributed by atoms with Crippen molar-refractivity contribution in [3.63, 3.8) is 0 Å². The normalized spacial score (nSPS) is 20.4. The highest BCUT2D eigenvalue weighted by Gasteiger charge is 2.38. The predicted octanol–water partition coefficient (Wildman–Crippen LogP) is 3.20. The lowest BCUT2D eigenvalue weighted by atomic mass is 9.80. The molecule has 0 unspecified atom stereocenters. The molecule has 0 aromatic carbocycles. The quantitative estimate of drug-likeness (QED) is 0.250. The molecule has 8 heteroatoms. The topological polar surface area (TPSA) is 61.8 Å². The van der Waals surface area contributed by atoms with Crippen LogP contribution in [0.25, 0.3) is 0 Å². The van der Waals surface area contributed by atoms with Gasteiger partial charge in [-0.1, -0.05) is 19.3 Å². The number of thiazole rings is 1. The molecule has 160 valence electrons. The molecule has 2 aliphatic rings. The number of rotatable bonds is 7. The Kier molecular flexibility index (Phi) is 10.5. The van der Waals surface area contributed by atoms with Gasteiger partial charge in [0.25, 0.3) is 0 Å². The lowest BCUT2D eigenvalue weighted by Gasteiger charge is -2.48. The first kappa shape index (κ1) is 23.8. The zero-order valence-electron chi connectivity index (χ0n) is 17.3. The zero-order valence-corrected chi connectivity index (χ0v) is 20.5. The van der Waals surface area contributed by atoms with E-state index in [4.69, 9.17) is 4.74 Å². The smallest absolute Gasteiger partial charge is 0.191 e. The van der Waals surface area contributed by atoms with E-state index in [1.54, 1.807) is 11.3 Å². The number of hydrogen-bond acceptors (Lipinski definition) is 5. The highest BCUT2D eigenvalue weighted by molar-refractivity contribution is 14.0. The fourth-order valence-corrected chi connectivity index (χ4v) is 5.10. The van der Waals surface area contributed by atoms with E-state index in [1.807, 2.05) is 7.05 Å². The summed E-state index contributed by atoms with van der Waals surface area (Å²) in [6.45, 7) is 7.79. The van der Waals surface area contributed by atoms with Gasteiger partial charge in [0, 0.05) is 56.3 Å². The molecule has 0 atom stereocenters. The van der Waals surface area contributed by atoms with Gasteiger partial charge in [0.15, 0.2) is 5.96 Å². The maximum atomic E-state index is 5.58. The molecule has 0 spiro atoms. The van der Waals surface area contributed by atoms with Crippen LogP contribution in [0.4, 0.5) is 0 Å². The van der Waals surface area contributed by atoms with Crippen LogP contribution in [0.3, 0.4) is 0 Å². The summed E-state index contributed by atoms with van der Waals surface area (Å²) in [4.78, 5) is 11.6. The minimum atomic E-state index is 0. The molecule has 2 heterocycles. The largest absolute Gasteiger partial charge is 0.379 e. The summed E-state index contributed by atoms with van der Waals surface area (Å²) >= 11 is 1.76.